The van der Waals surface area contributed by atoms with Crippen molar-refractivity contribution in [2.24, 2.45) is 11.8 Å². The van der Waals surface area contributed by atoms with E-state index < -0.39 is 18.4 Å². The molecule has 0 saturated heterocycles. The minimum atomic E-state index is -2.26. The third-order valence-electron chi connectivity index (χ3n) is 5.82. The first kappa shape index (κ1) is 28.2. The Morgan fingerprint density at radius 2 is 1.81 bits per heavy atom. The van der Waals surface area contributed by atoms with Gasteiger partial charge in [0.05, 0.1) is 13.7 Å². The zero-order valence-electron chi connectivity index (χ0n) is 20.5. The van der Waals surface area contributed by atoms with Gasteiger partial charge in [-0.3, -0.25) is 0 Å². The van der Waals surface area contributed by atoms with Crippen LogP contribution in [0.15, 0.2) is 46.1 Å². The van der Waals surface area contributed by atoms with Gasteiger partial charge in [0.2, 0.25) is 0 Å². The van der Waals surface area contributed by atoms with Crippen LogP contribution in [-0.2, 0) is 11.3 Å². The molecule has 1 rings (SSSR count). The van der Waals surface area contributed by atoms with E-state index in [-0.39, 0.29) is 18.6 Å². The quantitative estimate of drug-likeness (QED) is 0.220. The van der Waals surface area contributed by atoms with E-state index in [1.165, 1.54) is 9.16 Å². The van der Waals surface area contributed by atoms with Crippen molar-refractivity contribution < 1.29 is 19.7 Å². The Hall–Kier alpha value is -0.821. The van der Waals surface area contributed by atoms with E-state index in [2.05, 4.69) is 41.3 Å². The fourth-order valence-corrected chi connectivity index (χ4v) is 7.76. The molecule has 0 radical (unpaired) electrons. The molecule has 0 fully saturated rings. The van der Waals surface area contributed by atoms with Crippen LogP contribution in [0.5, 0.6) is 5.75 Å². The number of benzene rings is 1. The molecule has 3 atom stereocenters. The number of aliphatic hydroxyl groups excluding tert-OH is 2. The van der Waals surface area contributed by atoms with E-state index in [9.17, 15) is 10.2 Å². The predicted molar refractivity (Wildman–Crippen MR) is 133 cm³/mol. The van der Waals surface area contributed by atoms with Crippen LogP contribution in [0.1, 0.15) is 45.1 Å². The molecule has 0 saturated carbocycles. The molecule has 5 heteroatoms. The van der Waals surface area contributed by atoms with Gasteiger partial charge in [0.25, 0.3) is 0 Å². The van der Waals surface area contributed by atoms with Crippen molar-refractivity contribution in [3.63, 3.8) is 0 Å². The summed E-state index contributed by atoms with van der Waals surface area (Å²) in [7, 11) is 1.67. The van der Waals surface area contributed by atoms with E-state index in [4.69, 9.17) is 9.47 Å². The van der Waals surface area contributed by atoms with E-state index >= 15 is 0 Å². The van der Waals surface area contributed by atoms with Crippen LogP contribution in [-0.4, -0.2) is 55.0 Å². The Morgan fingerprint density at radius 1 is 1.16 bits per heavy atom. The van der Waals surface area contributed by atoms with Crippen LogP contribution in [0.25, 0.3) is 0 Å². The molecule has 176 valence electrons. The molecule has 0 aromatic heterocycles. The van der Waals surface area contributed by atoms with Gasteiger partial charge in [-0.25, -0.2) is 0 Å². The molecule has 0 heterocycles. The van der Waals surface area contributed by atoms with Gasteiger partial charge in [0, 0.05) is 0 Å². The summed E-state index contributed by atoms with van der Waals surface area (Å²) in [5.74, 6) is 1.33. The van der Waals surface area contributed by atoms with Crippen LogP contribution in [0.3, 0.4) is 0 Å². The number of ether oxygens (including phenoxy) is 2. The molecule has 0 aliphatic carbocycles. The first-order chi connectivity index (χ1) is 14.6. The molecule has 0 aliphatic rings. The summed E-state index contributed by atoms with van der Waals surface area (Å²) in [4.78, 5) is 6.93. The predicted octanol–water partition coefficient (Wildman–Crippen LogP) is 5.76. The number of methoxy groups -OCH3 is 1. The molecule has 0 bridgehead atoms. The molecular formula is C26H44O4Sn. The molecule has 31 heavy (non-hydrogen) atoms. The molecule has 0 unspecified atom stereocenters. The van der Waals surface area contributed by atoms with Gasteiger partial charge >= 0.3 is 141 Å². The summed E-state index contributed by atoms with van der Waals surface area (Å²) in [6, 6.07) is 7.93. The fraction of sp³-hybridized carbons (Fsp3) is 0.615. The van der Waals surface area contributed by atoms with Crippen molar-refractivity contribution >= 4 is 18.4 Å². The number of rotatable bonds is 15. The second-order valence-electron chi connectivity index (χ2n) is 9.85. The van der Waals surface area contributed by atoms with Gasteiger partial charge in [-0.1, -0.05) is 12.1 Å². The van der Waals surface area contributed by atoms with Crippen LogP contribution in [0, 0.1) is 11.8 Å². The molecule has 0 aliphatic heterocycles. The van der Waals surface area contributed by atoms with Gasteiger partial charge in [-0.15, -0.1) is 0 Å². The summed E-state index contributed by atoms with van der Waals surface area (Å²) in [5.41, 5.74) is 2.37. The average Bonchev–Trinajstić information content (AvgIpc) is 2.71. The Kier molecular flexibility index (Phi) is 13.1. The summed E-state index contributed by atoms with van der Waals surface area (Å²) in [6.07, 6.45) is 5.28. The van der Waals surface area contributed by atoms with Gasteiger partial charge in [-0.2, -0.15) is 0 Å². The van der Waals surface area contributed by atoms with E-state index in [1.807, 2.05) is 24.3 Å². The summed E-state index contributed by atoms with van der Waals surface area (Å²) < 4.78 is 12.2. The second-order valence-corrected chi connectivity index (χ2v) is 24.5. The molecule has 0 amide bonds. The Balaban J connectivity index is 2.31. The second kappa shape index (κ2) is 14.4. The molecule has 0 spiro atoms. The zero-order chi connectivity index (χ0) is 23.4. The SMILES string of the molecule is C=[C]([C@H](CO)C[C@H](O)C[C@H](C)CC/C=C(\C)COCc1ccc(OC)cc1)[Sn]([CH3])([CH3])[CH3]. The summed E-state index contributed by atoms with van der Waals surface area (Å²) in [6.45, 7) is 9.85. The van der Waals surface area contributed by atoms with Crippen molar-refractivity contribution in [2.75, 3.05) is 20.3 Å². The third-order valence-corrected chi connectivity index (χ3v) is 12.5. The topological polar surface area (TPSA) is 58.9 Å². The van der Waals surface area contributed by atoms with Crippen molar-refractivity contribution in [1.29, 1.82) is 0 Å². The van der Waals surface area contributed by atoms with Gasteiger partial charge < -0.3 is 4.74 Å². The first-order valence-corrected chi connectivity index (χ1v) is 21.4. The van der Waals surface area contributed by atoms with Crippen molar-refractivity contribution in [3.05, 3.63) is 51.6 Å². The number of hydrogen-bond acceptors (Lipinski definition) is 4. The molecule has 1 aromatic carbocycles. The molecule has 4 nitrogen and oxygen atoms in total. The van der Waals surface area contributed by atoms with Crippen LogP contribution < -0.4 is 4.74 Å². The monoisotopic (exact) mass is 540 g/mol. The molecular weight excluding hydrogens is 495 g/mol. The fourth-order valence-electron chi connectivity index (χ4n) is 3.67. The van der Waals surface area contributed by atoms with Gasteiger partial charge in [0.1, 0.15) is 5.75 Å². The minimum absolute atomic E-state index is 0.0444. The maximum atomic E-state index is 10.5. The van der Waals surface area contributed by atoms with Crippen LogP contribution in [0.2, 0.25) is 14.8 Å². The third kappa shape index (κ3) is 11.6. The molecule has 1 aromatic rings. The zero-order valence-corrected chi connectivity index (χ0v) is 23.3. The Morgan fingerprint density at radius 3 is 2.35 bits per heavy atom. The Labute approximate surface area is 194 Å². The first-order valence-electron chi connectivity index (χ1n) is 11.4. The van der Waals surface area contributed by atoms with Crippen molar-refractivity contribution in [1.82, 2.24) is 0 Å². The van der Waals surface area contributed by atoms with Crippen LogP contribution >= 0.6 is 0 Å². The van der Waals surface area contributed by atoms with Crippen LogP contribution in [0.4, 0.5) is 0 Å². The number of aliphatic hydroxyl groups is 2. The van der Waals surface area contributed by atoms with Gasteiger partial charge in [0.15, 0.2) is 0 Å². The number of hydrogen-bond donors (Lipinski definition) is 2. The average molecular weight is 539 g/mol. The normalized spacial score (nSPS) is 15.4. The van der Waals surface area contributed by atoms with Crippen molar-refractivity contribution in [3.8, 4) is 5.75 Å². The van der Waals surface area contributed by atoms with E-state index in [1.54, 1.807) is 7.11 Å². The Bertz CT molecular complexity index is 676. The molecule has 2 N–H and O–H groups in total. The summed E-state index contributed by atoms with van der Waals surface area (Å²) >= 11 is -2.26. The van der Waals surface area contributed by atoms with E-state index in [0.29, 0.717) is 25.6 Å². The number of allylic oxidation sites excluding steroid dienone is 1. The summed E-state index contributed by atoms with van der Waals surface area (Å²) in [5, 5.41) is 20.3. The van der Waals surface area contributed by atoms with Gasteiger partial charge in [-0.05, 0) is 17.7 Å². The van der Waals surface area contributed by atoms with E-state index in [0.717, 1.165) is 30.6 Å². The van der Waals surface area contributed by atoms with Crippen molar-refractivity contribution in [2.45, 2.75) is 67.1 Å². The standard InChI is InChI=1S/C23H35O4.3CH3.Sn/c1-5-20(15-24)14-22(25)13-18(2)7-6-8-19(3)16-27-17-21-9-11-23(26-4)12-10-21;;;;/h8-12,18,20,22,24-25H,1,6-7,13-17H2,2-4H3;3*1H3;/b19-8+;;;;/t18-,20+,22-;;;;/m1..../s1. The maximum absolute atomic E-state index is 10.5.